The minimum Gasteiger partial charge on any atom is -0.481 e. The number of anilines is 2. The van der Waals surface area contributed by atoms with Crippen molar-refractivity contribution in [2.45, 2.75) is 45.6 Å². The van der Waals surface area contributed by atoms with E-state index in [4.69, 9.17) is 20.9 Å². The molecule has 0 radical (unpaired) electrons. The standard InChI is InChI=1S/C26H27ClN4O6/c1-14-22(30-26(35)36-15(2)17-7-5-6-10-20(17)27)23(37-31-14)21-12-11-16(13-28-21)29-24(32)18-8-3-4-9-19(18)25(33)34/h5-7,10-13,15,18-19H,3-4,8-9H2,1-2H3,(H,29,32)(H,30,35)(H,33,34)/t15-,18?,19?/m1/s1. The van der Waals surface area contributed by atoms with Gasteiger partial charge in [0.25, 0.3) is 0 Å². The lowest BCUT2D eigenvalue weighted by Gasteiger charge is -2.27. The number of benzene rings is 1. The Hall–Kier alpha value is -3.92. The van der Waals surface area contributed by atoms with E-state index in [1.54, 1.807) is 50.2 Å². The van der Waals surface area contributed by atoms with Crippen LogP contribution in [-0.2, 0) is 14.3 Å². The molecule has 2 unspecified atom stereocenters. The van der Waals surface area contributed by atoms with E-state index < -0.39 is 30.0 Å². The number of halogens is 1. The molecule has 0 aliphatic heterocycles. The van der Waals surface area contributed by atoms with E-state index >= 15 is 0 Å². The molecule has 0 saturated heterocycles. The van der Waals surface area contributed by atoms with Gasteiger partial charge in [0.15, 0.2) is 0 Å². The van der Waals surface area contributed by atoms with E-state index in [-0.39, 0.29) is 11.7 Å². The number of carboxylic acids is 1. The molecule has 1 aromatic carbocycles. The number of carbonyl (C=O) groups excluding carboxylic acids is 2. The Morgan fingerprint density at radius 1 is 1.11 bits per heavy atom. The average Bonchev–Trinajstić information content (AvgIpc) is 3.24. The number of carboxylic acid groups (broad SMARTS) is 1. The Balaban J connectivity index is 1.43. The molecule has 3 aromatic rings. The first-order valence-corrected chi connectivity index (χ1v) is 12.3. The summed E-state index contributed by atoms with van der Waals surface area (Å²) in [6, 6.07) is 10.3. The van der Waals surface area contributed by atoms with Gasteiger partial charge in [0.05, 0.1) is 23.7 Å². The Morgan fingerprint density at radius 2 is 1.84 bits per heavy atom. The van der Waals surface area contributed by atoms with Crippen LogP contribution in [0.4, 0.5) is 16.2 Å². The number of nitrogens with one attached hydrogen (secondary N) is 2. The smallest absolute Gasteiger partial charge is 0.412 e. The number of rotatable bonds is 7. The van der Waals surface area contributed by atoms with Gasteiger partial charge in [-0.2, -0.15) is 0 Å². The van der Waals surface area contributed by atoms with Crippen LogP contribution in [0, 0.1) is 18.8 Å². The van der Waals surface area contributed by atoms with Crippen LogP contribution >= 0.6 is 11.6 Å². The third-order valence-corrected chi connectivity index (χ3v) is 6.74. The van der Waals surface area contributed by atoms with Gasteiger partial charge in [0, 0.05) is 10.6 Å². The molecular weight excluding hydrogens is 500 g/mol. The zero-order valence-corrected chi connectivity index (χ0v) is 21.1. The second-order valence-corrected chi connectivity index (χ2v) is 9.33. The number of carbonyl (C=O) groups is 3. The lowest BCUT2D eigenvalue weighted by Crippen LogP contribution is -2.36. The number of hydrogen-bond acceptors (Lipinski definition) is 7. The SMILES string of the molecule is Cc1noc(-c2ccc(NC(=O)C3CCCCC3C(=O)O)cn2)c1NC(=O)O[C@H](C)c1ccccc1Cl. The van der Waals surface area contributed by atoms with Crippen LogP contribution in [0.25, 0.3) is 11.5 Å². The molecule has 1 aliphatic rings. The van der Waals surface area contributed by atoms with Crippen LogP contribution in [-0.4, -0.2) is 33.2 Å². The molecule has 1 aliphatic carbocycles. The number of amides is 2. The molecule has 3 N–H and O–H groups in total. The second kappa shape index (κ2) is 11.4. The van der Waals surface area contributed by atoms with Gasteiger partial charge in [-0.05, 0) is 44.9 Å². The monoisotopic (exact) mass is 526 g/mol. The molecule has 2 amide bonds. The summed E-state index contributed by atoms with van der Waals surface area (Å²) in [6.07, 6.45) is 2.77. The van der Waals surface area contributed by atoms with Crippen molar-refractivity contribution in [2.24, 2.45) is 11.8 Å². The lowest BCUT2D eigenvalue weighted by molar-refractivity contribution is -0.147. The molecule has 194 valence electrons. The molecule has 11 heteroatoms. The van der Waals surface area contributed by atoms with Crippen LogP contribution in [0.1, 0.15) is 50.0 Å². The quantitative estimate of drug-likeness (QED) is 0.348. The summed E-state index contributed by atoms with van der Waals surface area (Å²) >= 11 is 6.19. The van der Waals surface area contributed by atoms with Gasteiger partial charge >= 0.3 is 12.1 Å². The van der Waals surface area contributed by atoms with Crippen molar-refractivity contribution in [1.82, 2.24) is 10.1 Å². The lowest BCUT2D eigenvalue weighted by atomic mass is 9.78. The van der Waals surface area contributed by atoms with Crippen LogP contribution < -0.4 is 10.6 Å². The van der Waals surface area contributed by atoms with Crippen LogP contribution in [0.2, 0.25) is 5.02 Å². The summed E-state index contributed by atoms with van der Waals surface area (Å²) in [5.74, 6) is -2.34. The highest BCUT2D eigenvalue weighted by atomic mass is 35.5. The van der Waals surface area contributed by atoms with Gasteiger partial charge in [0.1, 0.15) is 23.2 Å². The largest absolute Gasteiger partial charge is 0.481 e. The van der Waals surface area contributed by atoms with Crippen molar-refractivity contribution >= 4 is 40.9 Å². The summed E-state index contributed by atoms with van der Waals surface area (Å²) in [5.41, 5.74) is 2.18. The fourth-order valence-corrected chi connectivity index (χ4v) is 4.72. The predicted molar refractivity (Wildman–Crippen MR) is 136 cm³/mol. The van der Waals surface area contributed by atoms with Gasteiger partial charge in [-0.3, -0.25) is 19.9 Å². The fourth-order valence-electron chi connectivity index (χ4n) is 4.43. The number of aromatic nitrogens is 2. The first kappa shape index (κ1) is 26.2. The number of pyridine rings is 1. The Kier molecular flexibility index (Phi) is 8.08. The third kappa shape index (κ3) is 6.08. The van der Waals surface area contributed by atoms with E-state index in [0.29, 0.717) is 46.2 Å². The van der Waals surface area contributed by atoms with Crippen molar-refractivity contribution < 1.29 is 28.8 Å². The molecule has 37 heavy (non-hydrogen) atoms. The average molecular weight is 527 g/mol. The zero-order chi connectivity index (χ0) is 26.5. The Morgan fingerprint density at radius 3 is 2.51 bits per heavy atom. The molecule has 4 rings (SSSR count). The highest BCUT2D eigenvalue weighted by Gasteiger charge is 2.35. The first-order valence-electron chi connectivity index (χ1n) is 11.9. The van der Waals surface area contributed by atoms with Gasteiger partial charge in [-0.15, -0.1) is 0 Å². The van der Waals surface area contributed by atoms with Crippen molar-refractivity contribution in [1.29, 1.82) is 0 Å². The van der Waals surface area contributed by atoms with Crippen molar-refractivity contribution in [3.05, 3.63) is 58.9 Å². The van der Waals surface area contributed by atoms with Gasteiger partial charge in [0.2, 0.25) is 11.7 Å². The second-order valence-electron chi connectivity index (χ2n) is 8.92. The molecule has 2 heterocycles. The Labute approximate surface area is 218 Å². The number of nitrogens with zero attached hydrogens (tertiary/aromatic N) is 2. The Bertz CT molecular complexity index is 1290. The molecular formula is C26H27ClN4O6. The van der Waals surface area contributed by atoms with E-state index in [2.05, 4.69) is 20.8 Å². The molecule has 1 fully saturated rings. The number of hydrogen-bond donors (Lipinski definition) is 3. The van der Waals surface area contributed by atoms with Crippen molar-refractivity contribution in [3.8, 4) is 11.5 Å². The number of ether oxygens (including phenoxy) is 1. The zero-order valence-electron chi connectivity index (χ0n) is 20.4. The van der Waals surface area contributed by atoms with E-state index in [1.807, 2.05) is 0 Å². The van der Waals surface area contributed by atoms with Gasteiger partial charge in [-0.1, -0.05) is 47.8 Å². The van der Waals surface area contributed by atoms with Crippen molar-refractivity contribution in [3.63, 3.8) is 0 Å². The van der Waals surface area contributed by atoms with Crippen LogP contribution in [0.15, 0.2) is 47.1 Å². The van der Waals surface area contributed by atoms with E-state index in [0.717, 1.165) is 12.8 Å². The summed E-state index contributed by atoms with van der Waals surface area (Å²) in [7, 11) is 0. The molecule has 3 atom stereocenters. The van der Waals surface area contributed by atoms with Crippen LogP contribution in [0.5, 0.6) is 0 Å². The maximum absolute atomic E-state index is 12.7. The number of aliphatic carboxylic acids is 1. The molecule has 0 spiro atoms. The highest BCUT2D eigenvalue weighted by molar-refractivity contribution is 6.31. The molecule has 10 nitrogen and oxygen atoms in total. The highest BCUT2D eigenvalue weighted by Crippen LogP contribution is 2.33. The predicted octanol–water partition coefficient (Wildman–Crippen LogP) is 5.84. The van der Waals surface area contributed by atoms with Gasteiger partial charge < -0.3 is 19.7 Å². The van der Waals surface area contributed by atoms with Gasteiger partial charge in [-0.25, -0.2) is 4.79 Å². The number of aryl methyl sites for hydroxylation is 1. The first-order chi connectivity index (χ1) is 17.7. The van der Waals surface area contributed by atoms with Crippen molar-refractivity contribution in [2.75, 3.05) is 10.6 Å². The minimum atomic E-state index is -0.950. The van der Waals surface area contributed by atoms with E-state index in [9.17, 15) is 19.5 Å². The topological polar surface area (TPSA) is 144 Å². The minimum absolute atomic E-state index is 0.218. The maximum atomic E-state index is 12.7. The summed E-state index contributed by atoms with van der Waals surface area (Å²) in [6.45, 7) is 3.38. The van der Waals surface area contributed by atoms with Crippen LogP contribution in [0.3, 0.4) is 0 Å². The normalized spacial score (nSPS) is 18.0. The third-order valence-electron chi connectivity index (χ3n) is 6.40. The summed E-state index contributed by atoms with van der Waals surface area (Å²) in [5, 5.41) is 19.3. The summed E-state index contributed by atoms with van der Waals surface area (Å²) < 4.78 is 10.9. The molecule has 0 bridgehead atoms. The van der Waals surface area contributed by atoms with E-state index in [1.165, 1.54) is 6.20 Å². The maximum Gasteiger partial charge on any atom is 0.412 e. The fraction of sp³-hybridized carbons (Fsp3) is 0.346. The molecule has 2 aromatic heterocycles. The molecule has 1 saturated carbocycles. The summed E-state index contributed by atoms with van der Waals surface area (Å²) in [4.78, 5) is 41.2.